The Morgan fingerprint density at radius 2 is 1.15 bits per heavy atom. The molecule has 60 heavy (non-hydrogen) atoms. The summed E-state index contributed by atoms with van der Waals surface area (Å²) in [7, 11) is 4.63. The Morgan fingerprint density at radius 3 is 1.73 bits per heavy atom. The zero-order valence-electron chi connectivity index (χ0n) is 35.4. The lowest BCUT2D eigenvalue weighted by Gasteiger charge is -2.33. The number of ether oxygens (including phenoxy) is 4. The molecule has 4 aromatic carbocycles. The molecule has 14 nitrogen and oxygen atoms in total. The first kappa shape index (κ1) is 46.6. The third-order valence-corrected chi connectivity index (χ3v) is 9.98. The molecule has 0 bridgehead atoms. The number of amides is 4. The van der Waals surface area contributed by atoms with Gasteiger partial charge in [-0.05, 0) is 59.2 Å². The second-order valence-electron chi connectivity index (χ2n) is 15.1. The van der Waals surface area contributed by atoms with Crippen molar-refractivity contribution in [3.63, 3.8) is 0 Å². The molecule has 322 valence electrons. The summed E-state index contributed by atoms with van der Waals surface area (Å²) in [4.78, 5) is 55.2. The molecule has 4 rings (SSSR count). The van der Waals surface area contributed by atoms with Crippen LogP contribution in [-0.4, -0.2) is 80.5 Å². The van der Waals surface area contributed by atoms with Gasteiger partial charge in [0.05, 0.1) is 33.5 Å². The van der Waals surface area contributed by atoms with Crippen LogP contribution >= 0.6 is 0 Å². The van der Waals surface area contributed by atoms with Crippen LogP contribution in [0.5, 0.6) is 17.2 Å². The molecule has 5 atom stereocenters. The van der Waals surface area contributed by atoms with Crippen LogP contribution < -0.4 is 40.8 Å². The molecule has 0 aliphatic heterocycles. The quantitative estimate of drug-likeness (QED) is 0.0651. The van der Waals surface area contributed by atoms with E-state index in [0.29, 0.717) is 22.8 Å². The van der Waals surface area contributed by atoms with Crippen molar-refractivity contribution >= 4 is 23.8 Å². The molecule has 0 aliphatic carbocycles. The van der Waals surface area contributed by atoms with Crippen molar-refractivity contribution in [2.75, 3.05) is 21.3 Å². The SMILES string of the molecule is COc1ccc(CNC(C(=O)N[C@@H](C(=O)NCc2ccc(OC)cc2OC)C(C)C)C(O)C(Cc2ccccc2)NC(=O)C(NC(=O)OCc2ccccc2)C(C)C)cc1. The second-order valence-corrected chi connectivity index (χ2v) is 15.1. The van der Waals surface area contributed by atoms with Gasteiger partial charge < -0.3 is 45.3 Å². The molecule has 0 aliphatic rings. The van der Waals surface area contributed by atoms with Crippen LogP contribution in [0.15, 0.2) is 103 Å². The lowest BCUT2D eigenvalue weighted by molar-refractivity contribution is -0.134. The molecule has 0 heterocycles. The van der Waals surface area contributed by atoms with Crippen LogP contribution in [-0.2, 0) is 45.2 Å². The number of nitrogens with one attached hydrogen (secondary N) is 5. The highest BCUT2D eigenvalue weighted by Crippen LogP contribution is 2.24. The van der Waals surface area contributed by atoms with Crippen LogP contribution in [0.25, 0.3) is 0 Å². The van der Waals surface area contributed by atoms with Crippen molar-refractivity contribution in [1.82, 2.24) is 26.6 Å². The molecule has 0 aromatic heterocycles. The molecule has 4 aromatic rings. The van der Waals surface area contributed by atoms with Gasteiger partial charge in [-0.15, -0.1) is 0 Å². The van der Waals surface area contributed by atoms with E-state index in [2.05, 4.69) is 26.6 Å². The van der Waals surface area contributed by atoms with E-state index < -0.39 is 54.1 Å². The fourth-order valence-corrected chi connectivity index (χ4v) is 6.46. The molecule has 0 radical (unpaired) electrons. The Morgan fingerprint density at radius 1 is 0.583 bits per heavy atom. The van der Waals surface area contributed by atoms with Gasteiger partial charge >= 0.3 is 6.09 Å². The van der Waals surface area contributed by atoms with Crippen molar-refractivity contribution < 1.29 is 43.2 Å². The number of aliphatic hydroxyl groups excluding tert-OH is 1. The molecular formula is C46H59N5O9. The lowest BCUT2D eigenvalue weighted by Crippen LogP contribution is -2.63. The zero-order chi connectivity index (χ0) is 43.6. The largest absolute Gasteiger partial charge is 0.497 e. The molecule has 4 amide bonds. The van der Waals surface area contributed by atoms with Crippen LogP contribution in [0.2, 0.25) is 0 Å². The number of carbonyl (C=O) groups is 4. The first-order valence-corrected chi connectivity index (χ1v) is 20.0. The number of methoxy groups -OCH3 is 3. The van der Waals surface area contributed by atoms with Gasteiger partial charge in [0.2, 0.25) is 17.7 Å². The molecule has 4 unspecified atom stereocenters. The van der Waals surface area contributed by atoms with E-state index in [-0.39, 0.29) is 38.0 Å². The molecule has 0 spiro atoms. The van der Waals surface area contributed by atoms with Crippen LogP contribution in [0, 0.1) is 11.8 Å². The average molecular weight is 826 g/mol. The highest BCUT2D eigenvalue weighted by molar-refractivity contribution is 5.91. The number of hydrogen-bond acceptors (Lipinski definition) is 10. The van der Waals surface area contributed by atoms with Gasteiger partial charge in [0, 0.05) is 24.7 Å². The molecule has 6 N–H and O–H groups in total. The number of hydrogen-bond donors (Lipinski definition) is 6. The number of rotatable bonds is 22. The van der Waals surface area contributed by atoms with Crippen molar-refractivity contribution in [2.45, 2.75) is 84.1 Å². The molecular weight excluding hydrogens is 767 g/mol. The Kier molecular flexibility index (Phi) is 18.2. The van der Waals surface area contributed by atoms with Gasteiger partial charge in [-0.1, -0.05) is 100 Å². The minimum absolute atomic E-state index is 0.0101. The maximum absolute atomic E-state index is 14.4. The van der Waals surface area contributed by atoms with Gasteiger partial charge in [-0.2, -0.15) is 0 Å². The van der Waals surface area contributed by atoms with Gasteiger partial charge in [-0.3, -0.25) is 19.7 Å². The van der Waals surface area contributed by atoms with Crippen molar-refractivity contribution in [1.29, 1.82) is 0 Å². The van der Waals surface area contributed by atoms with Crippen molar-refractivity contribution in [3.8, 4) is 17.2 Å². The molecule has 14 heteroatoms. The van der Waals surface area contributed by atoms with Crippen molar-refractivity contribution in [3.05, 3.63) is 125 Å². The van der Waals surface area contributed by atoms with E-state index in [1.165, 1.54) is 7.11 Å². The second kappa shape index (κ2) is 23.5. The Hall–Kier alpha value is -6.12. The van der Waals surface area contributed by atoms with Gasteiger partial charge in [0.1, 0.15) is 42.0 Å². The first-order valence-electron chi connectivity index (χ1n) is 20.0. The third kappa shape index (κ3) is 14.0. The summed E-state index contributed by atoms with van der Waals surface area (Å²) in [5.74, 6) is -0.652. The number of alkyl carbamates (subject to hydrolysis) is 1. The fourth-order valence-electron chi connectivity index (χ4n) is 6.46. The van der Waals surface area contributed by atoms with E-state index in [0.717, 1.165) is 16.7 Å². The Balaban J connectivity index is 1.59. The Labute approximate surface area is 352 Å². The van der Waals surface area contributed by atoms with Crippen LogP contribution in [0.1, 0.15) is 49.9 Å². The predicted molar refractivity (Wildman–Crippen MR) is 228 cm³/mol. The lowest BCUT2D eigenvalue weighted by atomic mass is 9.93. The Bertz CT molecular complexity index is 1960. The van der Waals surface area contributed by atoms with Crippen LogP contribution in [0.3, 0.4) is 0 Å². The van der Waals surface area contributed by atoms with Crippen molar-refractivity contribution in [2.24, 2.45) is 11.8 Å². The minimum atomic E-state index is -1.54. The molecule has 0 saturated carbocycles. The summed E-state index contributed by atoms with van der Waals surface area (Å²) >= 11 is 0. The molecule has 0 fully saturated rings. The number of aliphatic hydroxyl groups is 1. The number of benzene rings is 4. The minimum Gasteiger partial charge on any atom is -0.497 e. The van der Waals surface area contributed by atoms with E-state index in [4.69, 9.17) is 18.9 Å². The summed E-state index contributed by atoms with van der Waals surface area (Å²) < 4.78 is 21.5. The normalized spacial score (nSPS) is 13.6. The number of carbonyl (C=O) groups excluding carboxylic acids is 4. The van der Waals surface area contributed by atoms with Gasteiger partial charge in [-0.25, -0.2) is 4.79 Å². The highest BCUT2D eigenvalue weighted by atomic mass is 16.5. The monoisotopic (exact) mass is 825 g/mol. The van der Waals surface area contributed by atoms with E-state index in [1.54, 1.807) is 72.2 Å². The van der Waals surface area contributed by atoms with E-state index in [1.807, 2.05) is 72.8 Å². The van der Waals surface area contributed by atoms with E-state index in [9.17, 15) is 24.3 Å². The third-order valence-electron chi connectivity index (χ3n) is 9.98. The fraction of sp³-hybridized carbons (Fsp3) is 0.391. The average Bonchev–Trinajstić information content (AvgIpc) is 3.26. The summed E-state index contributed by atoms with van der Waals surface area (Å²) in [5, 5.41) is 26.8. The first-order chi connectivity index (χ1) is 28.8. The summed E-state index contributed by atoms with van der Waals surface area (Å²) in [6, 6.07) is 26.4. The summed E-state index contributed by atoms with van der Waals surface area (Å²) in [6.07, 6.45) is -2.19. The van der Waals surface area contributed by atoms with Crippen LogP contribution in [0.4, 0.5) is 4.79 Å². The zero-order valence-corrected chi connectivity index (χ0v) is 35.4. The maximum Gasteiger partial charge on any atom is 0.408 e. The smallest absolute Gasteiger partial charge is 0.408 e. The van der Waals surface area contributed by atoms with E-state index >= 15 is 0 Å². The summed E-state index contributed by atoms with van der Waals surface area (Å²) in [5.41, 5.74) is 3.05. The predicted octanol–water partition coefficient (Wildman–Crippen LogP) is 4.67. The standard InChI is InChI=1S/C46H59N5O9/c1-29(2)39(43(53)48-27-34-20-23-36(58-6)25-38(34)59-7)50-45(55)41(47-26-32-18-21-35(57-5)22-19-32)42(52)37(24-31-14-10-8-11-15-31)49-44(54)40(30(3)4)51-46(56)60-28-33-16-12-9-13-17-33/h8-23,25,29-30,37,39-42,47,52H,24,26-28H2,1-7H3,(H,48,53)(H,49,54)(H,50,55)(H,51,56)/t37?,39-,40?,41?,42?/m1/s1. The maximum atomic E-state index is 14.4. The summed E-state index contributed by atoms with van der Waals surface area (Å²) in [6.45, 7) is 7.43. The van der Waals surface area contributed by atoms with Gasteiger partial charge in [0.15, 0.2) is 0 Å². The topological polar surface area (TPSA) is 186 Å². The molecule has 0 saturated heterocycles. The highest BCUT2D eigenvalue weighted by Gasteiger charge is 2.38. The van der Waals surface area contributed by atoms with Gasteiger partial charge in [0.25, 0.3) is 0 Å².